The minimum Gasteiger partial charge on any atom is -0.456 e. The minimum atomic E-state index is -0.636. The molecule has 0 fully saturated rings. The fourth-order valence-electron chi connectivity index (χ4n) is 1.54. The number of carbonyl (C=O) groups excluding carboxylic acids is 1. The van der Waals surface area contributed by atoms with Crippen LogP contribution < -0.4 is 5.73 Å². The van der Waals surface area contributed by atoms with Crippen LogP contribution in [0.4, 0.5) is 10.1 Å². The van der Waals surface area contributed by atoms with Gasteiger partial charge < -0.3 is 10.5 Å². The number of anilines is 1. The van der Waals surface area contributed by atoms with Crippen LogP contribution in [0.5, 0.6) is 0 Å². The molecule has 0 aliphatic heterocycles. The van der Waals surface area contributed by atoms with E-state index in [0.29, 0.717) is 5.69 Å². The quantitative estimate of drug-likeness (QED) is 0.680. The van der Waals surface area contributed by atoms with Crippen LogP contribution in [0.1, 0.15) is 21.6 Å². The lowest BCUT2D eigenvalue weighted by Crippen LogP contribution is -2.08. The van der Waals surface area contributed by atoms with Crippen molar-refractivity contribution in [3.63, 3.8) is 0 Å². The second-order valence-electron chi connectivity index (χ2n) is 4.08. The van der Waals surface area contributed by atoms with Crippen molar-refractivity contribution in [3.8, 4) is 0 Å². The molecule has 0 spiro atoms. The first-order valence-corrected chi connectivity index (χ1v) is 5.70. The molecule has 0 radical (unpaired) electrons. The number of rotatable bonds is 3. The monoisotopic (exact) mass is 260 g/mol. The number of hydrogen-bond donors (Lipinski definition) is 1. The Morgan fingerprint density at radius 3 is 2.89 bits per heavy atom. The molecule has 0 bridgehead atoms. The molecule has 1 aromatic heterocycles. The van der Waals surface area contributed by atoms with Gasteiger partial charge in [-0.25, -0.2) is 9.18 Å². The smallest absolute Gasteiger partial charge is 0.338 e. The number of nitrogens with two attached hydrogens (primary N) is 1. The Labute approximate surface area is 110 Å². The summed E-state index contributed by atoms with van der Waals surface area (Å²) < 4.78 is 18.3. The highest BCUT2D eigenvalue weighted by Crippen LogP contribution is 2.14. The summed E-state index contributed by atoms with van der Waals surface area (Å²) in [6, 6.07) is 7.49. The first-order valence-electron chi connectivity index (χ1n) is 5.70. The molecular weight excluding hydrogens is 247 g/mol. The Morgan fingerprint density at radius 2 is 2.21 bits per heavy atom. The van der Waals surface area contributed by atoms with Gasteiger partial charge in [-0.2, -0.15) is 0 Å². The fourth-order valence-corrected chi connectivity index (χ4v) is 1.54. The van der Waals surface area contributed by atoms with E-state index in [9.17, 15) is 9.18 Å². The van der Waals surface area contributed by atoms with Gasteiger partial charge in [0.15, 0.2) is 0 Å². The summed E-state index contributed by atoms with van der Waals surface area (Å²) in [5, 5.41) is 0. The maximum Gasteiger partial charge on any atom is 0.338 e. The van der Waals surface area contributed by atoms with Crippen LogP contribution in [-0.4, -0.2) is 11.0 Å². The van der Waals surface area contributed by atoms with Crippen molar-refractivity contribution in [1.29, 1.82) is 0 Å². The van der Waals surface area contributed by atoms with Gasteiger partial charge in [-0.3, -0.25) is 4.98 Å². The van der Waals surface area contributed by atoms with E-state index in [1.807, 2.05) is 13.0 Å². The number of hydrogen-bond acceptors (Lipinski definition) is 4. The molecule has 19 heavy (non-hydrogen) atoms. The summed E-state index contributed by atoms with van der Waals surface area (Å²) in [6.45, 7) is 1.93. The topological polar surface area (TPSA) is 65.2 Å². The summed E-state index contributed by atoms with van der Waals surface area (Å²) in [5.41, 5.74) is 7.06. The Hall–Kier alpha value is -2.43. The van der Waals surface area contributed by atoms with E-state index >= 15 is 0 Å². The SMILES string of the molecule is Cc1cccnc1COC(=O)c1ccc(N)c(F)c1. The second kappa shape index (κ2) is 5.48. The van der Waals surface area contributed by atoms with Crippen LogP contribution >= 0.6 is 0 Å². The van der Waals surface area contributed by atoms with Crippen molar-refractivity contribution >= 4 is 11.7 Å². The Morgan fingerprint density at radius 1 is 1.42 bits per heavy atom. The van der Waals surface area contributed by atoms with Crippen LogP contribution in [-0.2, 0) is 11.3 Å². The summed E-state index contributed by atoms with van der Waals surface area (Å²) in [6.07, 6.45) is 1.62. The number of ether oxygens (including phenoxy) is 1. The van der Waals surface area contributed by atoms with Gasteiger partial charge in [-0.1, -0.05) is 6.07 Å². The number of esters is 1. The first-order chi connectivity index (χ1) is 9.08. The van der Waals surface area contributed by atoms with Gasteiger partial charge in [0.25, 0.3) is 0 Å². The van der Waals surface area contributed by atoms with Gasteiger partial charge in [0, 0.05) is 6.20 Å². The van der Waals surface area contributed by atoms with Crippen molar-refractivity contribution < 1.29 is 13.9 Å². The second-order valence-corrected chi connectivity index (χ2v) is 4.08. The predicted octanol–water partition coefficient (Wildman–Crippen LogP) is 2.47. The molecule has 2 N–H and O–H groups in total. The number of benzene rings is 1. The highest BCUT2D eigenvalue weighted by atomic mass is 19.1. The molecule has 0 saturated heterocycles. The normalized spacial score (nSPS) is 10.2. The molecule has 0 saturated carbocycles. The highest BCUT2D eigenvalue weighted by Gasteiger charge is 2.11. The maximum absolute atomic E-state index is 13.2. The number of halogens is 1. The number of carbonyl (C=O) groups is 1. The Balaban J connectivity index is 2.05. The molecule has 2 rings (SSSR count). The zero-order valence-corrected chi connectivity index (χ0v) is 10.4. The van der Waals surface area contributed by atoms with Crippen molar-refractivity contribution in [2.75, 3.05) is 5.73 Å². The van der Waals surface area contributed by atoms with E-state index in [4.69, 9.17) is 10.5 Å². The lowest BCUT2D eigenvalue weighted by molar-refractivity contribution is 0.0466. The third-order valence-electron chi connectivity index (χ3n) is 2.69. The van der Waals surface area contributed by atoms with Gasteiger partial charge in [-0.15, -0.1) is 0 Å². The molecule has 0 aliphatic carbocycles. The Bertz CT molecular complexity index is 614. The number of nitrogen functional groups attached to an aromatic ring is 1. The molecule has 0 aliphatic rings. The lowest BCUT2D eigenvalue weighted by Gasteiger charge is -2.07. The van der Waals surface area contributed by atoms with Crippen LogP contribution in [0, 0.1) is 12.7 Å². The van der Waals surface area contributed by atoms with Crippen LogP contribution in [0.2, 0.25) is 0 Å². The average molecular weight is 260 g/mol. The summed E-state index contributed by atoms with van der Waals surface area (Å²) >= 11 is 0. The van der Waals surface area contributed by atoms with Crippen molar-refractivity contribution in [2.24, 2.45) is 0 Å². The number of pyridine rings is 1. The van der Waals surface area contributed by atoms with Crippen LogP contribution in [0.3, 0.4) is 0 Å². The van der Waals surface area contributed by atoms with Crippen molar-refractivity contribution in [3.05, 3.63) is 59.2 Å². The molecule has 1 heterocycles. The molecule has 0 amide bonds. The molecule has 98 valence electrons. The van der Waals surface area contributed by atoms with E-state index in [2.05, 4.69) is 4.98 Å². The van der Waals surface area contributed by atoms with E-state index in [1.165, 1.54) is 12.1 Å². The first kappa shape index (κ1) is 13.0. The van der Waals surface area contributed by atoms with Crippen molar-refractivity contribution in [2.45, 2.75) is 13.5 Å². The van der Waals surface area contributed by atoms with E-state index < -0.39 is 11.8 Å². The maximum atomic E-state index is 13.2. The highest BCUT2D eigenvalue weighted by molar-refractivity contribution is 5.89. The van der Waals surface area contributed by atoms with Gasteiger partial charge in [0.1, 0.15) is 12.4 Å². The number of nitrogens with zero attached hydrogens (tertiary/aromatic N) is 1. The van der Waals surface area contributed by atoms with E-state index in [-0.39, 0.29) is 17.9 Å². The third-order valence-corrected chi connectivity index (χ3v) is 2.69. The van der Waals surface area contributed by atoms with E-state index in [0.717, 1.165) is 11.6 Å². The van der Waals surface area contributed by atoms with Gasteiger partial charge >= 0.3 is 5.97 Å². The Kier molecular flexibility index (Phi) is 3.75. The lowest BCUT2D eigenvalue weighted by atomic mass is 10.2. The summed E-state index contributed by atoms with van der Waals surface area (Å²) in [7, 11) is 0. The number of aromatic nitrogens is 1. The molecule has 2 aromatic rings. The van der Waals surface area contributed by atoms with E-state index in [1.54, 1.807) is 12.3 Å². The number of aryl methyl sites for hydroxylation is 1. The van der Waals surface area contributed by atoms with Gasteiger partial charge in [0.2, 0.25) is 0 Å². The van der Waals surface area contributed by atoms with Crippen LogP contribution in [0.15, 0.2) is 36.5 Å². The summed E-state index contributed by atoms with van der Waals surface area (Å²) in [5.74, 6) is -1.24. The fraction of sp³-hybridized carbons (Fsp3) is 0.143. The zero-order chi connectivity index (χ0) is 13.8. The largest absolute Gasteiger partial charge is 0.456 e. The molecule has 4 nitrogen and oxygen atoms in total. The van der Waals surface area contributed by atoms with Crippen LogP contribution in [0.25, 0.3) is 0 Å². The molecule has 5 heteroatoms. The molecule has 0 unspecified atom stereocenters. The molecule has 0 atom stereocenters. The van der Waals surface area contributed by atoms with Gasteiger partial charge in [-0.05, 0) is 36.8 Å². The minimum absolute atomic E-state index is 0.00267. The standard InChI is InChI=1S/C14H13FN2O2/c1-9-3-2-6-17-13(9)8-19-14(18)10-4-5-12(16)11(15)7-10/h2-7H,8,16H2,1H3. The van der Waals surface area contributed by atoms with Crippen molar-refractivity contribution in [1.82, 2.24) is 4.98 Å². The molecule has 1 aromatic carbocycles. The summed E-state index contributed by atoms with van der Waals surface area (Å²) in [4.78, 5) is 15.8. The average Bonchev–Trinajstić information content (AvgIpc) is 2.40. The van der Waals surface area contributed by atoms with Gasteiger partial charge in [0.05, 0.1) is 16.9 Å². The third kappa shape index (κ3) is 3.07. The zero-order valence-electron chi connectivity index (χ0n) is 10.4. The molecular formula is C14H13FN2O2. The predicted molar refractivity (Wildman–Crippen MR) is 68.9 cm³/mol.